The maximum Gasteiger partial charge on any atom is 0.259 e. The molecule has 0 bridgehead atoms. The predicted molar refractivity (Wildman–Crippen MR) is 66.6 cm³/mol. The lowest BCUT2D eigenvalue weighted by Crippen LogP contribution is -2.24. The largest absolute Gasteiger partial charge is 0.397 e. The zero-order valence-electron chi connectivity index (χ0n) is 10.7. The fourth-order valence-corrected chi connectivity index (χ4v) is 1.52. The number of nitrogen functional groups attached to an aromatic ring is 1. The highest BCUT2D eigenvalue weighted by molar-refractivity contribution is 5.57. The van der Waals surface area contributed by atoms with Gasteiger partial charge < -0.3 is 15.0 Å². The molecule has 0 aromatic carbocycles. The number of anilines is 1. The third-order valence-electron chi connectivity index (χ3n) is 3.03. The van der Waals surface area contributed by atoms with E-state index in [1.807, 2.05) is 13.8 Å². The van der Waals surface area contributed by atoms with Gasteiger partial charge >= 0.3 is 0 Å². The maximum absolute atomic E-state index is 5.66. The standard InChI is InChI=1S/C12H16N4O2/c1-4-12(2,17-3)11-15-10(18-16-11)8-5-9(13)7-14-6-8/h5-7H,4,13H2,1-3H3. The minimum absolute atomic E-state index is 0.390. The molecule has 2 N–H and O–H groups in total. The van der Waals surface area contributed by atoms with E-state index in [1.54, 1.807) is 25.6 Å². The summed E-state index contributed by atoms with van der Waals surface area (Å²) in [5, 5.41) is 3.96. The van der Waals surface area contributed by atoms with Crippen LogP contribution in [0.25, 0.3) is 11.5 Å². The van der Waals surface area contributed by atoms with Crippen LogP contribution >= 0.6 is 0 Å². The van der Waals surface area contributed by atoms with Gasteiger partial charge in [0.15, 0.2) is 0 Å². The van der Waals surface area contributed by atoms with Crippen molar-refractivity contribution in [3.8, 4) is 11.5 Å². The van der Waals surface area contributed by atoms with Gasteiger partial charge in [-0.25, -0.2) is 0 Å². The van der Waals surface area contributed by atoms with Crippen LogP contribution in [0.3, 0.4) is 0 Å². The number of nitrogens with zero attached hydrogens (tertiary/aromatic N) is 3. The van der Waals surface area contributed by atoms with Gasteiger partial charge in [-0.2, -0.15) is 4.98 Å². The van der Waals surface area contributed by atoms with Crippen molar-refractivity contribution in [3.05, 3.63) is 24.3 Å². The molecule has 2 aromatic heterocycles. The molecule has 0 amide bonds. The van der Waals surface area contributed by atoms with E-state index in [-0.39, 0.29) is 0 Å². The lowest BCUT2D eigenvalue weighted by Gasteiger charge is -2.21. The van der Waals surface area contributed by atoms with Crippen molar-refractivity contribution in [1.82, 2.24) is 15.1 Å². The molecule has 2 rings (SSSR count). The molecule has 0 aliphatic rings. The molecule has 0 spiro atoms. The Morgan fingerprint density at radius 1 is 1.44 bits per heavy atom. The van der Waals surface area contributed by atoms with Crippen molar-refractivity contribution in [2.45, 2.75) is 25.9 Å². The van der Waals surface area contributed by atoms with Gasteiger partial charge in [0, 0.05) is 19.5 Å². The summed E-state index contributed by atoms with van der Waals surface area (Å²) in [6.07, 6.45) is 3.94. The molecule has 18 heavy (non-hydrogen) atoms. The number of hydrogen-bond acceptors (Lipinski definition) is 6. The molecule has 0 aliphatic heterocycles. The molecule has 2 aromatic rings. The smallest absolute Gasteiger partial charge is 0.259 e. The van der Waals surface area contributed by atoms with Crippen LogP contribution < -0.4 is 5.73 Å². The average Bonchev–Trinajstić information content (AvgIpc) is 2.88. The molecular formula is C12H16N4O2. The lowest BCUT2D eigenvalue weighted by molar-refractivity contribution is -0.0106. The third-order valence-corrected chi connectivity index (χ3v) is 3.03. The van der Waals surface area contributed by atoms with Gasteiger partial charge in [-0.15, -0.1) is 0 Å². The average molecular weight is 248 g/mol. The topological polar surface area (TPSA) is 87.1 Å². The van der Waals surface area contributed by atoms with E-state index in [1.165, 1.54) is 0 Å². The van der Waals surface area contributed by atoms with Crippen molar-refractivity contribution < 1.29 is 9.26 Å². The fraction of sp³-hybridized carbons (Fsp3) is 0.417. The number of methoxy groups -OCH3 is 1. The molecule has 0 saturated heterocycles. The molecule has 0 aliphatic carbocycles. The van der Waals surface area contributed by atoms with Crippen molar-refractivity contribution in [2.24, 2.45) is 0 Å². The molecule has 96 valence electrons. The summed E-state index contributed by atoms with van der Waals surface area (Å²) in [5.41, 5.74) is 6.37. The van der Waals surface area contributed by atoms with Gasteiger partial charge in [0.25, 0.3) is 5.89 Å². The first-order valence-corrected chi connectivity index (χ1v) is 5.69. The van der Waals surface area contributed by atoms with Crippen LogP contribution in [0.5, 0.6) is 0 Å². The number of nitrogens with two attached hydrogens (primary N) is 1. The van der Waals surface area contributed by atoms with Crippen LogP contribution in [0, 0.1) is 0 Å². The Bertz CT molecular complexity index is 534. The number of hydrogen-bond donors (Lipinski definition) is 1. The Morgan fingerprint density at radius 2 is 2.22 bits per heavy atom. The van der Waals surface area contributed by atoms with Crippen molar-refractivity contribution in [1.29, 1.82) is 0 Å². The Morgan fingerprint density at radius 3 is 2.83 bits per heavy atom. The quantitative estimate of drug-likeness (QED) is 0.890. The van der Waals surface area contributed by atoms with Crippen LogP contribution in [0.1, 0.15) is 26.1 Å². The van der Waals surface area contributed by atoms with E-state index in [4.69, 9.17) is 15.0 Å². The normalized spacial score (nSPS) is 14.4. The molecule has 2 heterocycles. The Balaban J connectivity index is 2.36. The minimum atomic E-state index is -0.546. The fourth-order valence-electron chi connectivity index (χ4n) is 1.52. The van der Waals surface area contributed by atoms with Gasteiger partial charge in [-0.3, -0.25) is 4.98 Å². The number of aromatic nitrogens is 3. The Kier molecular flexibility index (Phi) is 3.29. The summed E-state index contributed by atoms with van der Waals surface area (Å²) >= 11 is 0. The highest BCUT2D eigenvalue weighted by Crippen LogP contribution is 2.28. The second kappa shape index (κ2) is 4.73. The minimum Gasteiger partial charge on any atom is -0.397 e. The van der Waals surface area contributed by atoms with Crippen molar-refractivity contribution in [3.63, 3.8) is 0 Å². The van der Waals surface area contributed by atoms with Crippen LogP contribution in [-0.2, 0) is 10.3 Å². The highest BCUT2D eigenvalue weighted by Gasteiger charge is 2.30. The Hall–Kier alpha value is -1.95. The van der Waals surface area contributed by atoms with E-state index in [9.17, 15) is 0 Å². The van der Waals surface area contributed by atoms with Crippen LogP contribution in [0.2, 0.25) is 0 Å². The first kappa shape index (κ1) is 12.5. The van der Waals surface area contributed by atoms with E-state index in [2.05, 4.69) is 15.1 Å². The SMILES string of the molecule is CCC(C)(OC)c1noc(-c2cncc(N)c2)n1. The zero-order chi connectivity index (χ0) is 13.2. The first-order chi connectivity index (χ1) is 8.59. The second-order valence-electron chi connectivity index (χ2n) is 4.22. The molecule has 0 fully saturated rings. The summed E-state index contributed by atoms with van der Waals surface area (Å²) < 4.78 is 10.6. The van der Waals surface area contributed by atoms with E-state index < -0.39 is 5.60 Å². The van der Waals surface area contributed by atoms with Crippen molar-refractivity contribution >= 4 is 5.69 Å². The molecule has 1 atom stereocenters. The van der Waals surface area contributed by atoms with E-state index in [0.29, 0.717) is 23.0 Å². The molecule has 6 heteroatoms. The second-order valence-corrected chi connectivity index (χ2v) is 4.22. The maximum atomic E-state index is 5.66. The summed E-state index contributed by atoms with van der Waals surface area (Å²) in [5.74, 6) is 0.909. The van der Waals surface area contributed by atoms with Crippen LogP contribution in [0.15, 0.2) is 23.0 Å². The van der Waals surface area contributed by atoms with E-state index >= 15 is 0 Å². The Labute approximate surface area is 105 Å². The summed E-state index contributed by atoms with van der Waals surface area (Å²) in [6, 6.07) is 1.74. The summed E-state index contributed by atoms with van der Waals surface area (Å²) in [6.45, 7) is 3.92. The van der Waals surface area contributed by atoms with Crippen LogP contribution in [0.4, 0.5) is 5.69 Å². The monoisotopic (exact) mass is 248 g/mol. The van der Waals surface area contributed by atoms with Crippen LogP contribution in [-0.4, -0.2) is 22.2 Å². The van der Waals surface area contributed by atoms with Crippen molar-refractivity contribution in [2.75, 3.05) is 12.8 Å². The zero-order valence-corrected chi connectivity index (χ0v) is 10.7. The third kappa shape index (κ3) is 2.19. The number of ether oxygens (including phenoxy) is 1. The van der Waals surface area contributed by atoms with Gasteiger partial charge in [-0.1, -0.05) is 12.1 Å². The first-order valence-electron chi connectivity index (χ1n) is 5.69. The molecule has 1 unspecified atom stereocenters. The van der Waals surface area contributed by atoms with Gasteiger partial charge in [-0.05, 0) is 19.4 Å². The van der Waals surface area contributed by atoms with Gasteiger partial charge in [0.1, 0.15) is 5.60 Å². The van der Waals surface area contributed by atoms with E-state index in [0.717, 1.165) is 6.42 Å². The molecular weight excluding hydrogens is 232 g/mol. The molecule has 0 radical (unpaired) electrons. The lowest BCUT2D eigenvalue weighted by atomic mass is 10.0. The number of rotatable bonds is 4. The van der Waals surface area contributed by atoms with Gasteiger partial charge in [0.2, 0.25) is 5.82 Å². The summed E-state index contributed by atoms with van der Waals surface area (Å²) in [4.78, 5) is 8.33. The molecule has 6 nitrogen and oxygen atoms in total. The predicted octanol–water partition coefficient (Wildman–Crippen LogP) is 1.99. The highest BCUT2D eigenvalue weighted by atomic mass is 16.5. The molecule has 0 saturated carbocycles. The summed E-state index contributed by atoms with van der Waals surface area (Å²) in [7, 11) is 1.63. The van der Waals surface area contributed by atoms with Gasteiger partial charge in [0.05, 0.1) is 11.3 Å². The number of pyridine rings is 1.